The molecule has 76 valence electrons. The minimum atomic E-state index is -0.536. The molecule has 0 aromatic heterocycles. The molecule has 0 heterocycles. The first kappa shape index (κ1) is 11.7. The monoisotopic (exact) mass is 324 g/mol. The van der Waals surface area contributed by atoms with Gasteiger partial charge in [0.25, 0.3) is 0 Å². The summed E-state index contributed by atoms with van der Waals surface area (Å²) in [6, 6.07) is 2.60. The second-order valence-electron chi connectivity index (χ2n) is 2.47. The van der Waals surface area contributed by atoms with E-state index in [0.29, 0.717) is 8.95 Å². The number of carbonyl (C=O) groups is 1. The van der Waals surface area contributed by atoms with Gasteiger partial charge in [0.1, 0.15) is 5.82 Å². The molecule has 1 rings (SSSR count). The summed E-state index contributed by atoms with van der Waals surface area (Å²) >= 11 is 6.17. The topological polar surface area (TPSA) is 26.3 Å². The molecule has 0 amide bonds. The third kappa shape index (κ3) is 2.54. The van der Waals surface area contributed by atoms with Crippen molar-refractivity contribution < 1.29 is 13.9 Å². The molecular formula is C9H7Br2FO2. The fraction of sp³-hybridized carbons (Fsp3) is 0.222. The minimum Gasteiger partial charge on any atom is -0.462 e. The van der Waals surface area contributed by atoms with Crippen molar-refractivity contribution in [3.63, 3.8) is 0 Å². The maximum absolute atomic E-state index is 13.1. The molecule has 0 radical (unpaired) electrons. The van der Waals surface area contributed by atoms with Crippen LogP contribution in [-0.2, 0) is 4.74 Å². The van der Waals surface area contributed by atoms with Crippen LogP contribution in [0.15, 0.2) is 21.1 Å². The minimum absolute atomic E-state index is 0.188. The van der Waals surface area contributed by atoms with Gasteiger partial charge in [-0.2, -0.15) is 0 Å². The molecule has 5 heteroatoms. The van der Waals surface area contributed by atoms with E-state index in [-0.39, 0.29) is 12.2 Å². The Morgan fingerprint density at radius 2 is 2.07 bits per heavy atom. The van der Waals surface area contributed by atoms with E-state index >= 15 is 0 Å². The Kier molecular flexibility index (Phi) is 4.07. The predicted octanol–water partition coefficient (Wildman–Crippen LogP) is 3.53. The second-order valence-corrected chi connectivity index (χ2v) is 4.18. The number of hydrogen-bond donors (Lipinski definition) is 0. The van der Waals surface area contributed by atoms with E-state index in [1.807, 2.05) is 0 Å². The van der Waals surface area contributed by atoms with Gasteiger partial charge in [-0.1, -0.05) is 0 Å². The van der Waals surface area contributed by atoms with Crippen LogP contribution in [0.3, 0.4) is 0 Å². The molecule has 0 fully saturated rings. The van der Waals surface area contributed by atoms with Crippen LogP contribution in [0.25, 0.3) is 0 Å². The third-order valence-corrected chi connectivity index (χ3v) is 2.77. The van der Waals surface area contributed by atoms with Crippen LogP contribution in [0, 0.1) is 5.82 Å². The molecule has 0 aliphatic carbocycles. The zero-order chi connectivity index (χ0) is 10.7. The van der Waals surface area contributed by atoms with Crippen molar-refractivity contribution in [1.29, 1.82) is 0 Å². The molecule has 0 aliphatic heterocycles. The highest BCUT2D eigenvalue weighted by Crippen LogP contribution is 2.25. The lowest BCUT2D eigenvalue weighted by molar-refractivity contribution is 0.0524. The van der Waals surface area contributed by atoms with E-state index in [9.17, 15) is 9.18 Å². The van der Waals surface area contributed by atoms with E-state index in [2.05, 4.69) is 31.9 Å². The van der Waals surface area contributed by atoms with E-state index in [4.69, 9.17) is 4.74 Å². The molecule has 0 saturated heterocycles. The Hall–Kier alpha value is -0.420. The Morgan fingerprint density at radius 3 is 2.64 bits per heavy atom. The second kappa shape index (κ2) is 4.89. The molecule has 0 aliphatic rings. The summed E-state index contributed by atoms with van der Waals surface area (Å²) in [6.07, 6.45) is 0. The van der Waals surface area contributed by atoms with Crippen LogP contribution in [0.2, 0.25) is 0 Å². The van der Waals surface area contributed by atoms with Gasteiger partial charge < -0.3 is 4.74 Å². The smallest absolute Gasteiger partial charge is 0.339 e. The maximum atomic E-state index is 13.1. The van der Waals surface area contributed by atoms with Crippen molar-refractivity contribution in [2.45, 2.75) is 6.92 Å². The quantitative estimate of drug-likeness (QED) is 0.614. The lowest BCUT2D eigenvalue weighted by atomic mass is 10.2. The molecule has 1 aromatic rings. The van der Waals surface area contributed by atoms with Crippen LogP contribution < -0.4 is 0 Å². The molecular weight excluding hydrogens is 319 g/mol. The predicted molar refractivity (Wildman–Crippen MR) is 57.8 cm³/mol. The summed E-state index contributed by atoms with van der Waals surface area (Å²) in [6.45, 7) is 1.96. The van der Waals surface area contributed by atoms with Crippen molar-refractivity contribution in [3.8, 4) is 0 Å². The summed E-state index contributed by atoms with van der Waals surface area (Å²) < 4.78 is 18.6. The summed E-state index contributed by atoms with van der Waals surface area (Å²) in [5.41, 5.74) is 0.188. The van der Waals surface area contributed by atoms with E-state index in [0.717, 1.165) is 6.07 Å². The maximum Gasteiger partial charge on any atom is 0.339 e. The van der Waals surface area contributed by atoms with E-state index < -0.39 is 11.8 Å². The average molecular weight is 326 g/mol. The highest BCUT2D eigenvalue weighted by atomic mass is 79.9. The van der Waals surface area contributed by atoms with Crippen molar-refractivity contribution in [2.75, 3.05) is 6.61 Å². The van der Waals surface area contributed by atoms with Gasteiger partial charge in [-0.05, 0) is 50.9 Å². The third-order valence-electron chi connectivity index (χ3n) is 1.51. The SMILES string of the molecule is CCOC(=O)c1cc(F)c(Br)cc1Br. The van der Waals surface area contributed by atoms with Gasteiger partial charge in [-0.15, -0.1) is 0 Å². The van der Waals surface area contributed by atoms with Gasteiger partial charge >= 0.3 is 5.97 Å². The van der Waals surface area contributed by atoms with Gasteiger partial charge in [0, 0.05) is 4.47 Å². The first-order valence-electron chi connectivity index (χ1n) is 3.88. The zero-order valence-corrected chi connectivity index (χ0v) is 10.5. The molecule has 0 saturated carbocycles. The van der Waals surface area contributed by atoms with Crippen molar-refractivity contribution in [1.82, 2.24) is 0 Å². The standard InChI is InChI=1S/C9H7Br2FO2/c1-2-14-9(13)5-3-8(12)7(11)4-6(5)10/h3-4H,2H2,1H3. The van der Waals surface area contributed by atoms with E-state index in [1.165, 1.54) is 6.07 Å². The molecule has 0 bridgehead atoms. The van der Waals surface area contributed by atoms with Gasteiger partial charge in [-0.3, -0.25) is 0 Å². The normalized spacial score (nSPS) is 10.0. The van der Waals surface area contributed by atoms with Gasteiger partial charge in [0.05, 0.1) is 16.6 Å². The average Bonchev–Trinajstić information content (AvgIpc) is 2.11. The molecule has 0 atom stereocenters. The molecule has 0 N–H and O–H groups in total. The first-order chi connectivity index (χ1) is 6.56. The van der Waals surface area contributed by atoms with Crippen LogP contribution in [0.1, 0.15) is 17.3 Å². The highest BCUT2D eigenvalue weighted by Gasteiger charge is 2.14. The number of carbonyl (C=O) groups excluding carboxylic acids is 1. The Labute approximate surface area is 97.7 Å². The summed E-state index contributed by atoms with van der Waals surface area (Å²) in [7, 11) is 0. The molecule has 1 aromatic carbocycles. The molecule has 0 unspecified atom stereocenters. The van der Waals surface area contributed by atoms with Crippen molar-refractivity contribution in [2.24, 2.45) is 0 Å². The lowest BCUT2D eigenvalue weighted by Gasteiger charge is -2.05. The lowest BCUT2D eigenvalue weighted by Crippen LogP contribution is -2.06. The fourth-order valence-electron chi connectivity index (χ4n) is 0.888. The van der Waals surface area contributed by atoms with Gasteiger partial charge in [0.15, 0.2) is 0 Å². The number of benzene rings is 1. The Bertz CT molecular complexity index is 366. The fourth-order valence-corrected chi connectivity index (χ4v) is 2.04. The number of esters is 1. The van der Waals surface area contributed by atoms with Crippen molar-refractivity contribution >= 4 is 37.8 Å². The van der Waals surface area contributed by atoms with Gasteiger partial charge in [0.2, 0.25) is 0 Å². The van der Waals surface area contributed by atoms with E-state index in [1.54, 1.807) is 6.92 Å². The molecule has 0 spiro atoms. The molecule has 2 nitrogen and oxygen atoms in total. The van der Waals surface area contributed by atoms with Crippen molar-refractivity contribution in [3.05, 3.63) is 32.5 Å². The Balaban J connectivity index is 3.09. The van der Waals surface area contributed by atoms with Crippen LogP contribution in [0.5, 0.6) is 0 Å². The molecule has 14 heavy (non-hydrogen) atoms. The van der Waals surface area contributed by atoms with Crippen LogP contribution in [-0.4, -0.2) is 12.6 Å². The zero-order valence-electron chi connectivity index (χ0n) is 7.31. The summed E-state index contributed by atoms with van der Waals surface area (Å²) in [5.74, 6) is -1.03. The summed E-state index contributed by atoms with van der Waals surface area (Å²) in [4.78, 5) is 11.3. The van der Waals surface area contributed by atoms with Gasteiger partial charge in [-0.25, -0.2) is 9.18 Å². The summed E-state index contributed by atoms with van der Waals surface area (Å²) in [5, 5.41) is 0. The largest absolute Gasteiger partial charge is 0.462 e. The highest BCUT2D eigenvalue weighted by molar-refractivity contribution is 9.11. The number of halogens is 3. The number of rotatable bonds is 2. The number of ether oxygens (including phenoxy) is 1. The Morgan fingerprint density at radius 1 is 1.43 bits per heavy atom. The number of hydrogen-bond acceptors (Lipinski definition) is 2. The van der Waals surface area contributed by atoms with Crippen LogP contribution >= 0.6 is 31.9 Å². The van der Waals surface area contributed by atoms with Crippen LogP contribution in [0.4, 0.5) is 4.39 Å². The first-order valence-corrected chi connectivity index (χ1v) is 5.46.